The average Bonchev–Trinajstić information content (AvgIpc) is 3.07. The summed E-state index contributed by atoms with van der Waals surface area (Å²) in [6.07, 6.45) is 0. The molecule has 0 heterocycles. The highest BCUT2D eigenvalue weighted by molar-refractivity contribution is 6.01. The van der Waals surface area contributed by atoms with E-state index >= 15 is 0 Å². The van der Waals surface area contributed by atoms with Crippen LogP contribution in [-0.2, 0) is 16.2 Å². The van der Waals surface area contributed by atoms with Gasteiger partial charge in [0.15, 0.2) is 0 Å². The summed E-state index contributed by atoms with van der Waals surface area (Å²) in [6.45, 7) is 7.13. The van der Waals surface area contributed by atoms with Crippen LogP contribution in [0.5, 0.6) is 0 Å². The molecule has 0 saturated heterocycles. The van der Waals surface area contributed by atoms with E-state index in [1.165, 1.54) is 39.7 Å². The van der Waals surface area contributed by atoms with Gasteiger partial charge in [0.2, 0.25) is 0 Å². The van der Waals surface area contributed by atoms with Crippen molar-refractivity contribution in [1.82, 2.24) is 0 Å². The van der Waals surface area contributed by atoms with Crippen LogP contribution in [0.1, 0.15) is 31.9 Å². The Kier molecular flexibility index (Phi) is 8.37. The first kappa shape index (κ1) is 28.7. The minimum atomic E-state index is -0.439. The van der Waals surface area contributed by atoms with Crippen molar-refractivity contribution in [2.24, 2.45) is 5.16 Å². The second kappa shape index (κ2) is 12.8. The zero-order valence-corrected chi connectivity index (χ0v) is 25.3. The van der Waals surface area contributed by atoms with Crippen LogP contribution in [0.4, 0.5) is 22.7 Å². The molecular weight excluding hydrogens is 542 g/mol. The van der Waals surface area contributed by atoms with E-state index in [1.807, 2.05) is 25.1 Å². The normalized spacial score (nSPS) is 11.5. The summed E-state index contributed by atoms with van der Waals surface area (Å²) < 4.78 is 0. The van der Waals surface area contributed by atoms with Gasteiger partial charge in [0, 0.05) is 42.5 Å². The van der Waals surface area contributed by atoms with E-state index in [9.17, 15) is 4.79 Å². The van der Waals surface area contributed by atoms with Crippen molar-refractivity contribution < 1.29 is 9.63 Å². The van der Waals surface area contributed by atoms with E-state index in [2.05, 4.69) is 137 Å². The SMILES string of the molecule is CCN(Cc1ccc2ccccc2c1)c1ccc2c(N(c3ccccc3)c3ccc(/C(C)=N\OC(C)=O)cc3)cccc2c1. The highest BCUT2D eigenvalue weighted by atomic mass is 16.7. The van der Waals surface area contributed by atoms with E-state index in [0.717, 1.165) is 35.7 Å². The molecule has 0 fully saturated rings. The predicted octanol–water partition coefficient (Wildman–Crippen LogP) is 9.78. The van der Waals surface area contributed by atoms with Crippen LogP contribution >= 0.6 is 0 Å². The fourth-order valence-electron chi connectivity index (χ4n) is 5.63. The molecule has 0 amide bonds. The van der Waals surface area contributed by atoms with Gasteiger partial charge in [0.25, 0.3) is 0 Å². The van der Waals surface area contributed by atoms with E-state index in [1.54, 1.807) is 0 Å². The minimum absolute atomic E-state index is 0.439. The average molecular weight is 578 g/mol. The fourth-order valence-corrected chi connectivity index (χ4v) is 5.63. The molecule has 6 aromatic rings. The Labute approximate surface area is 258 Å². The number of fused-ring (bicyclic) bond motifs is 2. The molecular formula is C39H35N3O2. The summed E-state index contributed by atoms with van der Waals surface area (Å²) in [5, 5.41) is 8.82. The number of para-hydroxylation sites is 1. The van der Waals surface area contributed by atoms with Gasteiger partial charge in [0.05, 0.1) is 11.4 Å². The van der Waals surface area contributed by atoms with Crippen LogP contribution in [-0.4, -0.2) is 18.2 Å². The molecule has 0 N–H and O–H groups in total. The van der Waals surface area contributed by atoms with Crippen LogP contribution in [0.15, 0.2) is 139 Å². The van der Waals surface area contributed by atoms with E-state index in [4.69, 9.17) is 4.84 Å². The van der Waals surface area contributed by atoms with Crippen molar-refractivity contribution in [2.75, 3.05) is 16.3 Å². The summed E-state index contributed by atoms with van der Waals surface area (Å²) >= 11 is 0. The monoisotopic (exact) mass is 577 g/mol. The van der Waals surface area contributed by atoms with Gasteiger partial charge in [-0.05, 0) is 89.7 Å². The van der Waals surface area contributed by atoms with Gasteiger partial charge in [-0.15, -0.1) is 0 Å². The molecule has 0 saturated carbocycles. The number of anilines is 4. The topological polar surface area (TPSA) is 45.1 Å². The van der Waals surface area contributed by atoms with Crippen molar-refractivity contribution in [3.63, 3.8) is 0 Å². The molecule has 6 rings (SSSR count). The maximum atomic E-state index is 11.2. The van der Waals surface area contributed by atoms with Gasteiger partial charge in [-0.2, -0.15) is 0 Å². The van der Waals surface area contributed by atoms with Crippen LogP contribution in [0, 0.1) is 0 Å². The third kappa shape index (κ3) is 6.18. The fraction of sp³-hybridized carbons (Fsp3) is 0.128. The molecule has 0 radical (unpaired) electrons. The number of carbonyl (C=O) groups excluding carboxylic acids is 1. The molecule has 0 aliphatic carbocycles. The van der Waals surface area contributed by atoms with Crippen LogP contribution in [0.25, 0.3) is 21.5 Å². The van der Waals surface area contributed by atoms with Crippen LogP contribution < -0.4 is 9.80 Å². The molecule has 0 aliphatic rings. The summed E-state index contributed by atoms with van der Waals surface area (Å²) in [6, 6.07) is 47.1. The maximum Gasteiger partial charge on any atom is 0.331 e. The Hall–Kier alpha value is -5.42. The molecule has 0 atom stereocenters. The Bertz CT molecular complexity index is 1950. The van der Waals surface area contributed by atoms with Gasteiger partial charge in [-0.3, -0.25) is 0 Å². The van der Waals surface area contributed by atoms with E-state index in [0.29, 0.717) is 5.71 Å². The highest BCUT2D eigenvalue weighted by Gasteiger charge is 2.16. The predicted molar refractivity (Wildman–Crippen MR) is 183 cm³/mol. The minimum Gasteiger partial charge on any atom is -0.367 e. The Morgan fingerprint density at radius 2 is 1.34 bits per heavy atom. The van der Waals surface area contributed by atoms with Crippen LogP contribution in [0.3, 0.4) is 0 Å². The van der Waals surface area contributed by atoms with E-state index < -0.39 is 5.97 Å². The third-order valence-electron chi connectivity index (χ3n) is 7.88. The standard InChI is InChI=1S/C39H35N3O2/c1-4-41(27-30-17-18-32-11-8-9-12-33(32)25-30)37-23-24-38-34(26-37)13-10-16-39(38)42(35-14-6-5-7-15-35)36-21-19-31(20-22-36)28(2)40-44-29(3)43/h5-26H,4,27H2,1-3H3/b40-28-. The zero-order valence-electron chi connectivity index (χ0n) is 25.3. The molecule has 0 aliphatic heterocycles. The molecule has 0 spiro atoms. The summed E-state index contributed by atoms with van der Waals surface area (Å²) in [4.78, 5) is 20.7. The first-order chi connectivity index (χ1) is 21.5. The van der Waals surface area contributed by atoms with Crippen LogP contribution in [0.2, 0.25) is 0 Å². The van der Waals surface area contributed by atoms with Gasteiger partial charge >= 0.3 is 5.97 Å². The van der Waals surface area contributed by atoms with E-state index in [-0.39, 0.29) is 0 Å². The molecule has 5 nitrogen and oxygen atoms in total. The van der Waals surface area contributed by atoms with Gasteiger partial charge in [-0.1, -0.05) is 90.1 Å². The lowest BCUT2D eigenvalue weighted by atomic mass is 10.0. The molecule has 218 valence electrons. The Balaban J connectivity index is 1.35. The third-order valence-corrected chi connectivity index (χ3v) is 7.88. The quantitative estimate of drug-likeness (QED) is 0.0975. The zero-order chi connectivity index (χ0) is 30.5. The van der Waals surface area contributed by atoms with Crippen molar-refractivity contribution in [1.29, 1.82) is 0 Å². The lowest BCUT2D eigenvalue weighted by molar-refractivity contribution is -0.140. The number of benzene rings is 6. The number of nitrogens with zero attached hydrogens (tertiary/aromatic N) is 3. The molecule has 44 heavy (non-hydrogen) atoms. The lowest BCUT2D eigenvalue weighted by Gasteiger charge is -2.28. The largest absolute Gasteiger partial charge is 0.367 e. The Morgan fingerprint density at radius 1 is 0.659 bits per heavy atom. The number of hydrogen-bond acceptors (Lipinski definition) is 5. The molecule has 0 unspecified atom stereocenters. The van der Waals surface area contributed by atoms with Gasteiger partial charge in [0.1, 0.15) is 0 Å². The second-order valence-corrected chi connectivity index (χ2v) is 10.9. The summed E-state index contributed by atoms with van der Waals surface area (Å²) in [5.41, 5.74) is 7.19. The van der Waals surface area contributed by atoms with Crippen molar-refractivity contribution in [3.05, 3.63) is 145 Å². The van der Waals surface area contributed by atoms with Crippen molar-refractivity contribution in [3.8, 4) is 0 Å². The van der Waals surface area contributed by atoms with Crippen molar-refractivity contribution >= 4 is 56.0 Å². The summed E-state index contributed by atoms with van der Waals surface area (Å²) in [5.74, 6) is -0.439. The maximum absolute atomic E-state index is 11.2. The van der Waals surface area contributed by atoms with Crippen molar-refractivity contribution in [2.45, 2.75) is 27.3 Å². The first-order valence-corrected chi connectivity index (χ1v) is 14.9. The number of oxime groups is 1. The molecule has 5 heteroatoms. The molecule has 0 aromatic heterocycles. The smallest absolute Gasteiger partial charge is 0.331 e. The second-order valence-electron chi connectivity index (χ2n) is 10.9. The highest BCUT2D eigenvalue weighted by Crippen LogP contribution is 2.39. The number of carbonyl (C=O) groups is 1. The molecule has 6 aromatic carbocycles. The number of hydrogen-bond donors (Lipinski definition) is 0. The van der Waals surface area contributed by atoms with Gasteiger partial charge < -0.3 is 14.6 Å². The Morgan fingerprint density at radius 3 is 2.09 bits per heavy atom. The lowest BCUT2D eigenvalue weighted by Crippen LogP contribution is -2.21. The number of rotatable bonds is 9. The molecule has 0 bridgehead atoms. The first-order valence-electron chi connectivity index (χ1n) is 14.9. The summed E-state index contributed by atoms with van der Waals surface area (Å²) in [7, 11) is 0. The van der Waals surface area contributed by atoms with Gasteiger partial charge in [-0.25, -0.2) is 4.79 Å².